The van der Waals surface area contributed by atoms with E-state index in [1.54, 1.807) is 18.9 Å². The minimum Gasteiger partial charge on any atom is -0.393 e. The first-order valence-electron chi connectivity index (χ1n) is 6.34. The Bertz CT molecular complexity index is 443. The van der Waals surface area contributed by atoms with Crippen molar-refractivity contribution in [1.29, 1.82) is 0 Å². The Balaban J connectivity index is 2.04. The maximum Gasteiger partial charge on any atom is 0.253 e. The van der Waals surface area contributed by atoms with Crippen LogP contribution in [0.1, 0.15) is 34.8 Å². The molecular formula is C14H20N2O2. The van der Waals surface area contributed by atoms with E-state index in [-0.39, 0.29) is 12.0 Å². The van der Waals surface area contributed by atoms with Crippen LogP contribution in [-0.2, 0) is 13.1 Å². The highest BCUT2D eigenvalue weighted by molar-refractivity contribution is 5.94. The van der Waals surface area contributed by atoms with Crippen LogP contribution in [0.2, 0.25) is 0 Å². The highest BCUT2D eigenvalue weighted by Gasteiger charge is 2.16. The number of amides is 1. The molecule has 4 heteroatoms. The van der Waals surface area contributed by atoms with E-state index in [1.807, 2.05) is 18.2 Å². The number of aliphatic hydroxyl groups excluding tert-OH is 1. The quantitative estimate of drug-likeness (QED) is 0.840. The predicted octanol–water partition coefficient (Wildman–Crippen LogP) is 1.13. The van der Waals surface area contributed by atoms with Crippen molar-refractivity contribution in [2.45, 2.75) is 32.5 Å². The van der Waals surface area contributed by atoms with E-state index in [2.05, 4.69) is 5.32 Å². The number of hydrogen-bond acceptors (Lipinski definition) is 3. The van der Waals surface area contributed by atoms with Gasteiger partial charge in [0, 0.05) is 32.2 Å². The molecule has 0 saturated carbocycles. The Morgan fingerprint density at radius 1 is 1.44 bits per heavy atom. The van der Waals surface area contributed by atoms with Gasteiger partial charge in [0.2, 0.25) is 0 Å². The van der Waals surface area contributed by atoms with Gasteiger partial charge in [0.15, 0.2) is 0 Å². The average Bonchev–Trinajstić information content (AvgIpc) is 2.81. The largest absolute Gasteiger partial charge is 0.393 e. The highest BCUT2D eigenvalue weighted by atomic mass is 16.3. The summed E-state index contributed by atoms with van der Waals surface area (Å²) in [7, 11) is 1.77. The summed E-state index contributed by atoms with van der Waals surface area (Å²) in [5.41, 5.74) is 3.22. The van der Waals surface area contributed by atoms with Crippen molar-refractivity contribution in [3.05, 3.63) is 34.9 Å². The molecule has 98 valence electrons. The summed E-state index contributed by atoms with van der Waals surface area (Å²) in [5.74, 6) is 0.0188. The Morgan fingerprint density at radius 3 is 2.89 bits per heavy atom. The standard InChI is InChI=1S/C14H20N2O2/c1-10(17)5-6-16(2)14(18)11-3-4-12-8-15-9-13(12)7-11/h3-4,7,10,15,17H,5-6,8-9H2,1-2H3. The fraction of sp³-hybridized carbons (Fsp3) is 0.500. The molecule has 0 aromatic heterocycles. The molecule has 1 aliphatic rings. The van der Waals surface area contributed by atoms with Gasteiger partial charge < -0.3 is 15.3 Å². The van der Waals surface area contributed by atoms with Gasteiger partial charge in [0.05, 0.1) is 6.10 Å². The third kappa shape index (κ3) is 2.89. The highest BCUT2D eigenvalue weighted by Crippen LogP contribution is 2.18. The topological polar surface area (TPSA) is 52.6 Å². The van der Waals surface area contributed by atoms with Gasteiger partial charge in [-0.05, 0) is 36.6 Å². The number of nitrogens with one attached hydrogen (secondary N) is 1. The number of fused-ring (bicyclic) bond motifs is 1. The first-order chi connectivity index (χ1) is 8.58. The van der Waals surface area contributed by atoms with Crippen molar-refractivity contribution in [3.8, 4) is 0 Å². The van der Waals surface area contributed by atoms with E-state index in [0.717, 1.165) is 18.7 Å². The van der Waals surface area contributed by atoms with Crippen molar-refractivity contribution in [2.75, 3.05) is 13.6 Å². The molecule has 1 aromatic rings. The second-order valence-corrected chi connectivity index (χ2v) is 4.95. The molecule has 0 saturated heterocycles. The summed E-state index contributed by atoms with van der Waals surface area (Å²) in [6.07, 6.45) is 0.235. The lowest BCUT2D eigenvalue weighted by Gasteiger charge is -2.18. The zero-order chi connectivity index (χ0) is 13.1. The fourth-order valence-corrected chi connectivity index (χ4v) is 2.13. The molecule has 1 aromatic carbocycles. The molecule has 2 rings (SSSR count). The van der Waals surface area contributed by atoms with Crippen molar-refractivity contribution in [1.82, 2.24) is 10.2 Å². The van der Waals surface area contributed by atoms with Gasteiger partial charge in [0.1, 0.15) is 0 Å². The van der Waals surface area contributed by atoms with Gasteiger partial charge in [0.25, 0.3) is 5.91 Å². The molecule has 0 fully saturated rings. The average molecular weight is 248 g/mol. The van der Waals surface area contributed by atoms with Crippen molar-refractivity contribution in [3.63, 3.8) is 0 Å². The first kappa shape index (κ1) is 13.1. The molecule has 2 N–H and O–H groups in total. The maximum atomic E-state index is 12.2. The third-order valence-electron chi connectivity index (χ3n) is 3.31. The van der Waals surface area contributed by atoms with E-state index in [0.29, 0.717) is 13.0 Å². The second kappa shape index (κ2) is 5.50. The van der Waals surface area contributed by atoms with E-state index in [9.17, 15) is 9.90 Å². The lowest BCUT2D eigenvalue weighted by molar-refractivity contribution is 0.0769. The Morgan fingerprint density at radius 2 is 2.17 bits per heavy atom. The van der Waals surface area contributed by atoms with E-state index in [1.165, 1.54) is 11.1 Å². The number of nitrogens with zero attached hydrogens (tertiary/aromatic N) is 1. The van der Waals surface area contributed by atoms with Gasteiger partial charge in [-0.2, -0.15) is 0 Å². The molecule has 1 aliphatic heterocycles. The molecule has 1 unspecified atom stereocenters. The van der Waals surface area contributed by atoms with Crippen LogP contribution in [0.15, 0.2) is 18.2 Å². The van der Waals surface area contributed by atoms with Crippen LogP contribution < -0.4 is 5.32 Å². The van der Waals surface area contributed by atoms with Gasteiger partial charge >= 0.3 is 0 Å². The minimum atomic E-state index is -0.371. The summed E-state index contributed by atoms with van der Waals surface area (Å²) >= 11 is 0. The van der Waals surface area contributed by atoms with Crippen LogP contribution in [0, 0.1) is 0 Å². The molecule has 18 heavy (non-hydrogen) atoms. The molecular weight excluding hydrogens is 228 g/mol. The Hall–Kier alpha value is -1.39. The molecule has 4 nitrogen and oxygen atoms in total. The summed E-state index contributed by atoms with van der Waals surface area (Å²) < 4.78 is 0. The van der Waals surface area contributed by atoms with Crippen LogP contribution in [0.4, 0.5) is 0 Å². The van der Waals surface area contributed by atoms with E-state index >= 15 is 0 Å². The smallest absolute Gasteiger partial charge is 0.253 e. The Kier molecular flexibility index (Phi) is 3.99. The zero-order valence-corrected chi connectivity index (χ0v) is 10.9. The summed E-state index contributed by atoms with van der Waals surface area (Å²) in [6, 6.07) is 5.87. The lowest BCUT2D eigenvalue weighted by Crippen LogP contribution is -2.29. The Labute approximate surface area is 108 Å². The predicted molar refractivity (Wildman–Crippen MR) is 70.2 cm³/mol. The van der Waals surface area contributed by atoms with Gasteiger partial charge in [-0.25, -0.2) is 0 Å². The number of benzene rings is 1. The number of carbonyl (C=O) groups is 1. The number of carbonyl (C=O) groups excluding carboxylic acids is 1. The summed E-state index contributed by atoms with van der Waals surface area (Å²) in [5, 5.41) is 12.5. The van der Waals surface area contributed by atoms with E-state index < -0.39 is 0 Å². The van der Waals surface area contributed by atoms with Crippen molar-refractivity contribution >= 4 is 5.91 Å². The van der Waals surface area contributed by atoms with Crippen LogP contribution in [-0.4, -0.2) is 35.6 Å². The molecule has 0 bridgehead atoms. The summed E-state index contributed by atoms with van der Waals surface area (Å²) in [6.45, 7) is 4.04. The first-order valence-corrected chi connectivity index (χ1v) is 6.34. The number of rotatable bonds is 4. The SMILES string of the molecule is CC(O)CCN(C)C(=O)c1ccc2c(c1)CNC2. The molecule has 0 spiro atoms. The molecule has 0 aliphatic carbocycles. The second-order valence-electron chi connectivity index (χ2n) is 4.95. The lowest BCUT2D eigenvalue weighted by atomic mass is 10.1. The molecule has 0 radical (unpaired) electrons. The maximum absolute atomic E-state index is 12.2. The van der Waals surface area contributed by atoms with E-state index in [4.69, 9.17) is 0 Å². The number of hydrogen-bond donors (Lipinski definition) is 2. The number of aliphatic hydroxyl groups is 1. The molecule has 1 heterocycles. The van der Waals surface area contributed by atoms with Crippen LogP contribution >= 0.6 is 0 Å². The van der Waals surface area contributed by atoms with Gasteiger partial charge in [-0.3, -0.25) is 4.79 Å². The van der Waals surface area contributed by atoms with Crippen molar-refractivity contribution in [2.24, 2.45) is 0 Å². The van der Waals surface area contributed by atoms with Crippen LogP contribution in [0.5, 0.6) is 0 Å². The summed E-state index contributed by atoms with van der Waals surface area (Å²) in [4.78, 5) is 13.8. The minimum absolute atomic E-state index is 0.0188. The molecule has 1 amide bonds. The van der Waals surface area contributed by atoms with Crippen LogP contribution in [0.3, 0.4) is 0 Å². The van der Waals surface area contributed by atoms with Crippen LogP contribution in [0.25, 0.3) is 0 Å². The van der Waals surface area contributed by atoms with Crippen molar-refractivity contribution < 1.29 is 9.90 Å². The third-order valence-corrected chi connectivity index (χ3v) is 3.31. The fourth-order valence-electron chi connectivity index (χ4n) is 2.13. The van der Waals surface area contributed by atoms with Gasteiger partial charge in [-0.1, -0.05) is 6.07 Å². The molecule has 1 atom stereocenters. The normalized spacial score (nSPS) is 15.3. The monoisotopic (exact) mass is 248 g/mol. The zero-order valence-electron chi connectivity index (χ0n) is 10.9. The van der Waals surface area contributed by atoms with Gasteiger partial charge in [-0.15, -0.1) is 0 Å².